The van der Waals surface area contributed by atoms with Gasteiger partial charge in [0.15, 0.2) is 0 Å². The lowest BCUT2D eigenvalue weighted by molar-refractivity contribution is -0.00777. The van der Waals surface area contributed by atoms with Crippen LogP contribution in [-0.2, 0) is 13.5 Å². The molecule has 1 saturated carbocycles. The number of nitrogens with zero attached hydrogens (tertiary/aromatic N) is 3. The second kappa shape index (κ2) is 5.41. The van der Waals surface area contributed by atoms with E-state index in [2.05, 4.69) is 24.1 Å². The average molecular weight is 251 g/mol. The van der Waals surface area contributed by atoms with Crippen LogP contribution >= 0.6 is 0 Å². The summed E-state index contributed by atoms with van der Waals surface area (Å²) in [5.41, 5.74) is 1.19. The molecule has 4 nitrogen and oxygen atoms in total. The number of aryl methyl sites for hydroxylation is 2. The number of aromatic nitrogens is 2. The molecule has 0 amide bonds. The molecule has 0 saturated heterocycles. The second-order valence-corrected chi connectivity index (χ2v) is 5.71. The SMILES string of the molecule is CN(C)C1(C(O)CCc2ccnn2C)CCCC1. The molecule has 1 aromatic rings. The summed E-state index contributed by atoms with van der Waals surface area (Å²) in [4.78, 5) is 2.23. The Balaban J connectivity index is 1.98. The second-order valence-electron chi connectivity index (χ2n) is 5.71. The average Bonchev–Trinajstić information content (AvgIpc) is 2.95. The molecule has 4 heteroatoms. The highest BCUT2D eigenvalue weighted by Gasteiger charge is 2.42. The minimum absolute atomic E-state index is 0.00140. The molecule has 1 aliphatic rings. The van der Waals surface area contributed by atoms with Crippen LogP contribution in [0, 0.1) is 0 Å². The van der Waals surface area contributed by atoms with E-state index in [1.165, 1.54) is 18.5 Å². The number of likely N-dealkylation sites (N-methyl/N-ethyl adjacent to an activating group) is 1. The fraction of sp³-hybridized carbons (Fsp3) is 0.786. The molecule has 0 aromatic carbocycles. The van der Waals surface area contributed by atoms with Gasteiger partial charge in [-0.05, 0) is 45.8 Å². The zero-order chi connectivity index (χ0) is 13.2. The first-order valence-corrected chi connectivity index (χ1v) is 6.88. The molecule has 0 spiro atoms. The lowest BCUT2D eigenvalue weighted by atomic mass is 9.86. The third-order valence-electron chi connectivity index (χ3n) is 4.58. The van der Waals surface area contributed by atoms with Gasteiger partial charge < -0.3 is 10.0 Å². The first kappa shape index (κ1) is 13.6. The normalized spacial score (nSPS) is 20.5. The van der Waals surface area contributed by atoms with Crippen molar-refractivity contribution in [2.24, 2.45) is 7.05 Å². The maximum absolute atomic E-state index is 10.6. The number of hydrogen-bond donors (Lipinski definition) is 1. The largest absolute Gasteiger partial charge is 0.391 e. The van der Waals surface area contributed by atoms with Crippen LogP contribution in [0.4, 0.5) is 0 Å². The quantitative estimate of drug-likeness (QED) is 0.864. The van der Waals surface area contributed by atoms with Gasteiger partial charge in [0.1, 0.15) is 0 Å². The van der Waals surface area contributed by atoms with E-state index in [1.54, 1.807) is 0 Å². The molecule has 18 heavy (non-hydrogen) atoms. The lowest BCUT2D eigenvalue weighted by Gasteiger charge is -2.40. The Bertz CT molecular complexity index is 380. The van der Waals surface area contributed by atoms with Crippen molar-refractivity contribution < 1.29 is 5.11 Å². The summed E-state index contributed by atoms with van der Waals surface area (Å²) in [7, 11) is 6.15. The zero-order valence-electron chi connectivity index (χ0n) is 11.8. The van der Waals surface area contributed by atoms with Gasteiger partial charge in [0.25, 0.3) is 0 Å². The van der Waals surface area contributed by atoms with E-state index in [9.17, 15) is 5.11 Å². The van der Waals surface area contributed by atoms with Crippen molar-refractivity contribution in [2.75, 3.05) is 14.1 Å². The van der Waals surface area contributed by atoms with Crippen LogP contribution in [-0.4, -0.2) is 45.5 Å². The predicted octanol–water partition coefficient (Wildman–Crippen LogP) is 1.59. The fourth-order valence-corrected chi connectivity index (χ4v) is 3.27. The molecule has 0 bridgehead atoms. The van der Waals surface area contributed by atoms with Crippen molar-refractivity contribution in [3.05, 3.63) is 18.0 Å². The van der Waals surface area contributed by atoms with Gasteiger partial charge in [0.2, 0.25) is 0 Å². The van der Waals surface area contributed by atoms with Gasteiger partial charge in [0.05, 0.1) is 6.10 Å². The lowest BCUT2D eigenvalue weighted by Crippen LogP contribution is -2.51. The van der Waals surface area contributed by atoms with E-state index in [0.717, 1.165) is 25.7 Å². The summed E-state index contributed by atoms with van der Waals surface area (Å²) in [6.07, 6.45) is 8.00. The molecular formula is C14H25N3O. The van der Waals surface area contributed by atoms with E-state index in [4.69, 9.17) is 0 Å². The Labute approximate surface area is 110 Å². The van der Waals surface area contributed by atoms with Crippen LogP contribution in [0.15, 0.2) is 12.3 Å². The minimum Gasteiger partial charge on any atom is -0.391 e. The summed E-state index contributed by atoms with van der Waals surface area (Å²) in [6, 6.07) is 2.03. The van der Waals surface area contributed by atoms with Gasteiger partial charge in [-0.2, -0.15) is 5.10 Å². The van der Waals surface area contributed by atoms with Gasteiger partial charge in [-0.1, -0.05) is 12.8 Å². The Hall–Kier alpha value is -0.870. The van der Waals surface area contributed by atoms with Crippen LogP contribution in [0.5, 0.6) is 0 Å². The molecular weight excluding hydrogens is 226 g/mol. The maximum atomic E-state index is 10.6. The van der Waals surface area contributed by atoms with Crippen molar-refractivity contribution in [3.8, 4) is 0 Å². The van der Waals surface area contributed by atoms with E-state index in [0.29, 0.717) is 0 Å². The Morgan fingerprint density at radius 2 is 2.11 bits per heavy atom. The van der Waals surface area contributed by atoms with Crippen molar-refractivity contribution in [2.45, 2.75) is 50.2 Å². The van der Waals surface area contributed by atoms with E-state index < -0.39 is 0 Å². The first-order valence-electron chi connectivity index (χ1n) is 6.88. The molecule has 102 valence electrons. The smallest absolute Gasteiger partial charge is 0.0727 e. The highest BCUT2D eigenvalue weighted by molar-refractivity contribution is 5.03. The number of aliphatic hydroxyl groups is 1. The summed E-state index contributed by atoms with van der Waals surface area (Å²) in [6.45, 7) is 0. The van der Waals surface area contributed by atoms with E-state index >= 15 is 0 Å². The van der Waals surface area contributed by atoms with Gasteiger partial charge in [-0.3, -0.25) is 4.68 Å². The summed E-state index contributed by atoms with van der Waals surface area (Å²) < 4.78 is 1.89. The standard InChI is InChI=1S/C14H25N3O/c1-16(2)14(9-4-5-10-14)13(18)7-6-12-8-11-15-17(12)3/h8,11,13,18H,4-7,9-10H2,1-3H3. The van der Waals surface area contributed by atoms with Crippen LogP contribution in [0.25, 0.3) is 0 Å². The van der Waals surface area contributed by atoms with Gasteiger partial charge in [-0.25, -0.2) is 0 Å². The number of hydrogen-bond acceptors (Lipinski definition) is 3. The van der Waals surface area contributed by atoms with Gasteiger partial charge in [0, 0.05) is 24.5 Å². The Kier molecular flexibility index (Phi) is 4.07. The third-order valence-corrected chi connectivity index (χ3v) is 4.58. The van der Waals surface area contributed by atoms with Crippen molar-refractivity contribution >= 4 is 0 Å². The highest BCUT2D eigenvalue weighted by Crippen LogP contribution is 2.38. The van der Waals surface area contributed by atoms with Crippen LogP contribution in [0.2, 0.25) is 0 Å². The third kappa shape index (κ3) is 2.45. The van der Waals surface area contributed by atoms with Gasteiger partial charge >= 0.3 is 0 Å². The number of rotatable bonds is 5. The van der Waals surface area contributed by atoms with Crippen molar-refractivity contribution in [1.29, 1.82) is 0 Å². The van der Waals surface area contributed by atoms with Crippen LogP contribution < -0.4 is 0 Å². The Morgan fingerprint density at radius 3 is 2.61 bits per heavy atom. The first-order chi connectivity index (χ1) is 8.56. The molecule has 1 atom stereocenters. The predicted molar refractivity (Wildman–Crippen MR) is 72.4 cm³/mol. The van der Waals surface area contributed by atoms with E-state index in [-0.39, 0.29) is 11.6 Å². The monoisotopic (exact) mass is 251 g/mol. The summed E-state index contributed by atoms with van der Waals surface area (Å²) in [5, 5.41) is 14.8. The van der Waals surface area contributed by atoms with Crippen molar-refractivity contribution in [1.82, 2.24) is 14.7 Å². The summed E-state index contributed by atoms with van der Waals surface area (Å²) >= 11 is 0. The van der Waals surface area contributed by atoms with Gasteiger partial charge in [-0.15, -0.1) is 0 Å². The number of aliphatic hydroxyl groups excluding tert-OH is 1. The zero-order valence-corrected chi connectivity index (χ0v) is 11.8. The minimum atomic E-state index is -0.245. The molecule has 1 N–H and O–H groups in total. The fourth-order valence-electron chi connectivity index (χ4n) is 3.27. The van der Waals surface area contributed by atoms with Crippen LogP contribution in [0.3, 0.4) is 0 Å². The molecule has 0 radical (unpaired) electrons. The molecule has 0 aliphatic heterocycles. The Morgan fingerprint density at radius 1 is 1.44 bits per heavy atom. The molecule has 2 rings (SSSR count). The topological polar surface area (TPSA) is 41.3 Å². The maximum Gasteiger partial charge on any atom is 0.0727 e. The molecule has 1 unspecified atom stereocenters. The van der Waals surface area contributed by atoms with E-state index in [1.807, 2.05) is 24.0 Å². The highest BCUT2D eigenvalue weighted by atomic mass is 16.3. The molecule has 1 aromatic heterocycles. The molecule has 1 aliphatic carbocycles. The van der Waals surface area contributed by atoms with Crippen molar-refractivity contribution in [3.63, 3.8) is 0 Å². The van der Waals surface area contributed by atoms with Crippen LogP contribution in [0.1, 0.15) is 37.8 Å². The molecule has 1 fully saturated rings. The summed E-state index contributed by atoms with van der Waals surface area (Å²) in [5.74, 6) is 0. The molecule has 1 heterocycles.